The van der Waals surface area contributed by atoms with E-state index in [9.17, 15) is 76.5 Å². The molecule has 37 heavy (non-hydrogen) atoms. The average Bonchev–Trinajstić information content (AvgIpc) is 2.60. The van der Waals surface area contributed by atoms with Crippen molar-refractivity contribution in [1.29, 1.82) is 0 Å². The van der Waals surface area contributed by atoms with Gasteiger partial charge in [0.15, 0.2) is 5.60 Å². The van der Waals surface area contributed by atoms with Crippen molar-refractivity contribution in [2.24, 2.45) is 11.8 Å². The summed E-state index contributed by atoms with van der Waals surface area (Å²) in [7, 11) is 0. The molecule has 0 bridgehead atoms. The summed E-state index contributed by atoms with van der Waals surface area (Å²) < 4.78 is 193. The molecule has 0 aromatic heterocycles. The number of hydrogen-bond acceptors (Lipinski definition) is 4. The van der Waals surface area contributed by atoms with Crippen LogP contribution in [0.4, 0.5) is 61.5 Å². The molecular weight excluding hydrogens is 558 g/mol. The first-order chi connectivity index (χ1) is 15.9. The molecule has 0 spiro atoms. The second kappa shape index (κ2) is 9.55. The Bertz CT molecular complexity index is 813. The summed E-state index contributed by atoms with van der Waals surface area (Å²) in [5.74, 6) is -17.5. The molecule has 220 valence electrons. The van der Waals surface area contributed by atoms with Crippen LogP contribution in [0.15, 0.2) is 0 Å². The molecule has 1 saturated carbocycles. The van der Waals surface area contributed by atoms with Gasteiger partial charge in [-0.05, 0) is 25.7 Å². The summed E-state index contributed by atoms with van der Waals surface area (Å²) in [6.45, 7) is 0.445. The Balaban J connectivity index is 3.54. The summed E-state index contributed by atoms with van der Waals surface area (Å²) in [5, 5.41) is 18.8. The van der Waals surface area contributed by atoms with Gasteiger partial charge < -0.3 is 14.9 Å². The van der Waals surface area contributed by atoms with Crippen molar-refractivity contribution in [1.82, 2.24) is 0 Å². The minimum atomic E-state index is -6.67. The predicted octanol–water partition coefficient (Wildman–Crippen LogP) is 5.89. The molecule has 1 aliphatic carbocycles. The number of carbonyl (C=O) groups is 1. The quantitative estimate of drug-likeness (QED) is 0.291. The number of hydrogen-bond donors (Lipinski definition) is 2. The third kappa shape index (κ3) is 6.19. The molecule has 0 aromatic rings. The van der Waals surface area contributed by atoms with Gasteiger partial charge in [0.1, 0.15) is 12.0 Å². The van der Waals surface area contributed by atoms with Gasteiger partial charge in [0.05, 0.1) is 0 Å². The number of halogens is 14. The van der Waals surface area contributed by atoms with Gasteiger partial charge in [-0.25, -0.2) is 22.0 Å². The lowest BCUT2D eigenvalue weighted by Gasteiger charge is -2.46. The molecule has 5 unspecified atom stereocenters. The number of carbonyl (C=O) groups excluding carboxylic acids is 1. The van der Waals surface area contributed by atoms with Crippen molar-refractivity contribution < 1.29 is 81.2 Å². The number of ether oxygens (including phenoxy) is 1. The highest BCUT2D eigenvalue weighted by molar-refractivity contribution is 5.74. The van der Waals surface area contributed by atoms with Crippen LogP contribution in [0.5, 0.6) is 0 Å². The first-order valence-electron chi connectivity index (χ1n) is 10.2. The van der Waals surface area contributed by atoms with Crippen LogP contribution in [0, 0.1) is 11.8 Å². The molecule has 0 aliphatic heterocycles. The van der Waals surface area contributed by atoms with Gasteiger partial charge in [0, 0.05) is 19.8 Å². The maximum Gasteiger partial charge on any atom is 0.426 e. The average molecular weight is 580 g/mol. The standard InChI is InChI=1S/C19H22F14O4/c1-8-4-10(16(23,24)14(22,5-8)13(3,20)21)11(34)37-9(6-12(2,35)17(25,26)27)7-15(36,18(28,29)30)19(31,32)33/h8-10,35-36H,4-7H2,1-3H3. The minimum Gasteiger partial charge on any atom is -0.462 e. The molecule has 5 atom stereocenters. The normalized spacial score (nSPS) is 28.4. The van der Waals surface area contributed by atoms with Gasteiger partial charge in [0.25, 0.3) is 11.5 Å². The lowest BCUT2D eigenvalue weighted by atomic mass is 9.68. The second-order valence-electron chi connectivity index (χ2n) is 9.50. The van der Waals surface area contributed by atoms with E-state index in [4.69, 9.17) is 0 Å². The molecule has 0 heterocycles. The highest BCUT2D eigenvalue weighted by atomic mass is 19.4. The van der Waals surface area contributed by atoms with Gasteiger partial charge >= 0.3 is 30.4 Å². The summed E-state index contributed by atoms with van der Waals surface area (Å²) in [6, 6.07) is 0. The van der Waals surface area contributed by atoms with Crippen molar-refractivity contribution in [2.75, 3.05) is 0 Å². The van der Waals surface area contributed by atoms with E-state index in [1.807, 2.05) is 0 Å². The Hall–Kier alpha value is -1.59. The molecule has 1 rings (SSSR count). The van der Waals surface area contributed by atoms with E-state index in [2.05, 4.69) is 4.74 Å². The molecule has 0 radical (unpaired) electrons. The van der Waals surface area contributed by atoms with E-state index in [0.717, 1.165) is 6.92 Å². The number of rotatable bonds is 7. The Labute approximate surface area is 199 Å². The third-order valence-corrected chi connectivity index (χ3v) is 6.19. The van der Waals surface area contributed by atoms with Crippen LogP contribution in [-0.2, 0) is 9.53 Å². The van der Waals surface area contributed by atoms with Gasteiger partial charge in [-0.1, -0.05) is 6.92 Å². The van der Waals surface area contributed by atoms with Crippen LogP contribution in [0.25, 0.3) is 0 Å². The highest BCUT2D eigenvalue weighted by Gasteiger charge is 2.75. The monoisotopic (exact) mass is 580 g/mol. The first kappa shape index (κ1) is 33.4. The van der Waals surface area contributed by atoms with Crippen molar-refractivity contribution in [3.63, 3.8) is 0 Å². The maximum atomic E-state index is 14.8. The molecule has 0 aromatic carbocycles. The largest absolute Gasteiger partial charge is 0.462 e. The van der Waals surface area contributed by atoms with Crippen molar-refractivity contribution >= 4 is 5.97 Å². The molecular formula is C19H22F14O4. The van der Waals surface area contributed by atoms with Crippen LogP contribution in [0.2, 0.25) is 0 Å². The third-order valence-electron chi connectivity index (χ3n) is 6.19. The van der Waals surface area contributed by atoms with E-state index in [0.29, 0.717) is 0 Å². The smallest absolute Gasteiger partial charge is 0.426 e. The zero-order valence-corrected chi connectivity index (χ0v) is 19.1. The number of aliphatic hydroxyl groups is 2. The predicted molar refractivity (Wildman–Crippen MR) is 94.1 cm³/mol. The number of alkyl halides is 14. The maximum absolute atomic E-state index is 14.8. The summed E-state index contributed by atoms with van der Waals surface area (Å²) in [6.07, 6.45) is -30.6. The van der Waals surface area contributed by atoms with Gasteiger partial charge in [0.2, 0.25) is 5.67 Å². The van der Waals surface area contributed by atoms with Crippen molar-refractivity contribution in [2.45, 2.75) is 99.8 Å². The fourth-order valence-electron chi connectivity index (χ4n) is 3.92. The fraction of sp³-hybridized carbons (Fsp3) is 0.947. The second-order valence-corrected chi connectivity index (χ2v) is 9.50. The van der Waals surface area contributed by atoms with Gasteiger partial charge in [-0.15, -0.1) is 0 Å². The van der Waals surface area contributed by atoms with Crippen LogP contribution in [-0.4, -0.2) is 69.5 Å². The summed E-state index contributed by atoms with van der Waals surface area (Å²) in [4.78, 5) is 12.4. The fourth-order valence-corrected chi connectivity index (χ4v) is 3.92. The number of esters is 1. The Morgan fingerprint density at radius 1 is 0.865 bits per heavy atom. The molecule has 2 N–H and O–H groups in total. The zero-order valence-electron chi connectivity index (χ0n) is 19.1. The van der Waals surface area contributed by atoms with E-state index in [1.165, 1.54) is 0 Å². The Morgan fingerprint density at radius 3 is 1.65 bits per heavy atom. The van der Waals surface area contributed by atoms with Crippen LogP contribution < -0.4 is 0 Å². The Morgan fingerprint density at radius 2 is 1.30 bits per heavy atom. The zero-order chi connectivity index (χ0) is 29.8. The molecule has 0 saturated heterocycles. The SMILES string of the molecule is CC1CC(C(=O)OC(CC(C)(O)C(F)(F)F)CC(O)(C(F)(F)F)C(F)(F)F)C(F)(F)C(F)(C(C)(F)F)C1. The lowest BCUT2D eigenvalue weighted by Crippen LogP contribution is -2.64. The van der Waals surface area contributed by atoms with E-state index >= 15 is 0 Å². The molecule has 1 aliphatic rings. The lowest BCUT2D eigenvalue weighted by molar-refractivity contribution is -0.375. The van der Waals surface area contributed by atoms with Gasteiger partial charge in [-0.2, -0.15) is 39.5 Å². The van der Waals surface area contributed by atoms with E-state index in [-0.39, 0.29) is 13.8 Å². The van der Waals surface area contributed by atoms with Gasteiger partial charge in [-0.3, -0.25) is 4.79 Å². The highest BCUT2D eigenvalue weighted by Crippen LogP contribution is 2.57. The minimum absolute atomic E-state index is 0.171. The topological polar surface area (TPSA) is 66.8 Å². The van der Waals surface area contributed by atoms with E-state index in [1.54, 1.807) is 0 Å². The van der Waals surface area contributed by atoms with Crippen molar-refractivity contribution in [3.8, 4) is 0 Å². The van der Waals surface area contributed by atoms with E-state index < -0.39 is 96.8 Å². The molecule has 18 heteroatoms. The molecule has 4 nitrogen and oxygen atoms in total. The molecule has 0 amide bonds. The van der Waals surface area contributed by atoms with Crippen LogP contribution >= 0.6 is 0 Å². The summed E-state index contributed by atoms with van der Waals surface area (Å²) in [5.41, 5.74) is -14.8. The van der Waals surface area contributed by atoms with Crippen molar-refractivity contribution in [3.05, 3.63) is 0 Å². The van der Waals surface area contributed by atoms with Crippen LogP contribution in [0.1, 0.15) is 46.5 Å². The summed E-state index contributed by atoms with van der Waals surface area (Å²) >= 11 is 0. The molecule has 1 fully saturated rings. The van der Waals surface area contributed by atoms with Crippen LogP contribution in [0.3, 0.4) is 0 Å². The first-order valence-corrected chi connectivity index (χ1v) is 10.2. The Kier molecular flexibility index (Phi) is 8.63.